The van der Waals surface area contributed by atoms with Crippen LogP contribution in [0.2, 0.25) is 0 Å². The number of aromatic amines is 1. The summed E-state index contributed by atoms with van der Waals surface area (Å²) in [5, 5.41) is 1.05. The number of anilines is 1. The highest BCUT2D eigenvalue weighted by atomic mass is 32.2. The Hall–Kier alpha value is -2.73. The third-order valence-electron chi connectivity index (χ3n) is 4.86. The Morgan fingerprint density at radius 2 is 1.93 bits per heavy atom. The number of nitrogens with two attached hydrogens (primary N) is 1. The van der Waals surface area contributed by atoms with E-state index in [0.717, 1.165) is 29.0 Å². The second kappa shape index (κ2) is 7.88. The fraction of sp³-hybridized carbons (Fsp3) is 0.238. The van der Waals surface area contributed by atoms with Crippen LogP contribution in [0.5, 0.6) is 0 Å². The molecule has 5 nitrogen and oxygen atoms in total. The number of H-pyrrole nitrogens is 1. The van der Waals surface area contributed by atoms with E-state index in [9.17, 15) is 4.79 Å². The molecule has 0 saturated heterocycles. The summed E-state index contributed by atoms with van der Waals surface area (Å²) in [5.74, 6) is 0.479. The summed E-state index contributed by atoms with van der Waals surface area (Å²) in [6.07, 6.45) is 9.40. The fourth-order valence-electron chi connectivity index (χ4n) is 3.53. The molecule has 0 radical (unpaired) electrons. The summed E-state index contributed by atoms with van der Waals surface area (Å²) in [7, 11) is 0. The lowest BCUT2D eigenvalue weighted by Crippen LogP contribution is -2.27. The number of nitrogens with zero attached hydrogens (tertiary/aromatic N) is 2. The van der Waals surface area contributed by atoms with E-state index in [1.165, 1.54) is 31.0 Å². The van der Waals surface area contributed by atoms with E-state index in [0.29, 0.717) is 4.91 Å². The third-order valence-corrected chi connectivity index (χ3v) is 5.87. The van der Waals surface area contributed by atoms with Crippen molar-refractivity contribution in [1.29, 1.82) is 0 Å². The van der Waals surface area contributed by atoms with Crippen molar-refractivity contribution >= 4 is 34.4 Å². The molecule has 2 aliphatic rings. The van der Waals surface area contributed by atoms with Gasteiger partial charge in [0.2, 0.25) is 0 Å². The van der Waals surface area contributed by atoms with Gasteiger partial charge in [-0.15, -0.1) is 11.8 Å². The number of primary amides is 1. The summed E-state index contributed by atoms with van der Waals surface area (Å²) < 4.78 is 0. The van der Waals surface area contributed by atoms with E-state index in [4.69, 9.17) is 5.73 Å². The Morgan fingerprint density at radius 3 is 2.67 bits per heavy atom. The van der Waals surface area contributed by atoms with Crippen LogP contribution in [0.4, 0.5) is 5.69 Å². The zero-order valence-corrected chi connectivity index (χ0v) is 15.8. The molecular formula is C21H22N4OS. The summed E-state index contributed by atoms with van der Waals surface area (Å²) in [5.41, 5.74) is 10.4. The molecule has 27 heavy (non-hydrogen) atoms. The van der Waals surface area contributed by atoms with Crippen LogP contribution in [0.15, 0.2) is 59.9 Å². The molecule has 0 spiro atoms. The third kappa shape index (κ3) is 3.85. The van der Waals surface area contributed by atoms with Gasteiger partial charge in [0.05, 0.1) is 10.6 Å². The number of rotatable bonds is 2. The summed E-state index contributed by atoms with van der Waals surface area (Å²) in [4.78, 5) is 21.2. The molecular weight excluding hydrogens is 356 g/mol. The maximum atomic E-state index is 11.2. The van der Waals surface area contributed by atoms with Crippen LogP contribution < -0.4 is 10.6 Å². The number of aromatic nitrogens is 2. The molecule has 1 aliphatic heterocycles. The SMILES string of the molecule is NC(=O)C1=CN(c2ccnc3[nH]ccc23)CCS1.c1ccc2c(c1)CCC2. The van der Waals surface area contributed by atoms with Crippen LogP contribution in [-0.4, -0.2) is 28.2 Å². The van der Waals surface area contributed by atoms with E-state index in [-0.39, 0.29) is 5.91 Å². The molecule has 3 N–H and O–H groups in total. The van der Waals surface area contributed by atoms with Gasteiger partial charge in [0, 0.05) is 36.3 Å². The first-order chi connectivity index (χ1) is 13.2. The van der Waals surface area contributed by atoms with Crippen molar-refractivity contribution in [3.05, 3.63) is 71.0 Å². The van der Waals surface area contributed by atoms with Crippen molar-refractivity contribution in [2.24, 2.45) is 5.73 Å². The average Bonchev–Trinajstić information content (AvgIpc) is 3.37. The molecule has 138 valence electrons. The molecule has 3 aromatic rings. The van der Waals surface area contributed by atoms with Gasteiger partial charge in [-0.1, -0.05) is 24.3 Å². The lowest BCUT2D eigenvalue weighted by atomic mass is 10.1. The minimum atomic E-state index is -0.371. The van der Waals surface area contributed by atoms with Crippen molar-refractivity contribution in [2.45, 2.75) is 19.3 Å². The quantitative estimate of drug-likeness (QED) is 0.714. The second-order valence-corrected chi connectivity index (χ2v) is 7.73. The predicted octanol–water partition coefficient (Wildman–Crippen LogP) is 3.62. The molecule has 0 unspecified atom stereocenters. The number of pyridine rings is 1. The molecule has 1 aromatic carbocycles. The minimum absolute atomic E-state index is 0.371. The van der Waals surface area contributed by atoms with Gasteiger partial charge < -0.3 is 15.6 Å². The first kappa shape index (κ1) is 17.7. The summed E-state index contributed by atoms with van der Waals surface area (Å²) >= 11 is 1.50. The lowest BCUT2D eigenvalue weighted by Gasteiger charge is -2.25. The number of fused-ring (bicyclic) bond motifs is 2. The maximum Gasteiger partial charge on any atom is 0.256 e. The van der Waals surface area contributed by atoms with E-state index in [2.05, 4.69) is 39.1 Å². The van der Waals surface area contributed by atoms with E-state index < -0.39 is 0 Å². The van der Waals surface area contributed by atoms with Gasteiger partial charge in [-0.05, 0) is 42.5 Å². The molecule has 0 atom stereocenters. The van der Waals surface area contributed by atoms with Gasteiger partial charge in [0.15, 0.2) is 0 Å². The summed E-state index contributed by atoms with van der Waals surface area (Å²) in [6, 6.07) is 12.7. The monoisotopic (exact) mass is 378 g/mol. The number of amides is 1. The Morgan fingerprint density at radius 1 is 1.15 bits per heavy atom. The lowest BCUT2D eigenvalue weighted by molar-refractivity contribution is -0.113. The number of thioether (sulfide) groups is 1. The normalized spacial score (nSPS) is 15.7. The predicted molar refractivity (Wildman–Crippen MR) is 112 cm³/mol. The van der Waals surface area contributed by atoms with Crippen LogP contribution >= 0.6 is 11.8 Å². The van der Waals surface area contributed by atoms with Crippen molar-refractivity contribution in [3.8, 4) is 0 Å². The molecule has 0 saturated carbocycles. The van der Waals surface area contributed by atoms with Crippen LogP contribution in [0.25, 0.3) is 11.0 Å². The highest BCUT2D eigenvalue weighted by Gasteiger charge is 2.17. The fourth-order valence-corrected chi connectivity index (χ4v) is 4.39. The first-order valence-corrected chi connectivity index (χ1v) is 10.1. The second-order valence-electron chi connectivity index (χ2n) is 6.59. The van der Waals surface area contributed by atoms with Gasteiger partial charge in [0.1, 0.15) is 5.65 Å². The number of nitrogens with one attached hydrogen (secondary N) is 1. The number of hydrogen-bond donors (Lipinski definition) is 2. The van der Waals surface area contributed by atoms with Gasteiger partial charge in [-0.3, -0.25) is 4.79 Å². The number of carbonyl (C=O) groups excluding carboxylic acids is 1. The highest BCUT2D eigenvalue weighted by Crippen LogP contribution is 2.30. The first-order valence-electron chi connectivity index (χ1n) is 9.12. The van der Waals surface area contributed by atoms with Gasteiger partial charge in [-0.2, -0.15) is 0 Å². The molecule has 6 heteroatoms. The molecule has 5 rings (SSSR count). The minimum Gasteiger partial charge on any atom is -0.365 e. The topological polar surface area (TPSA) is 75.0 Å². The average molecular weight is 379 g/mol. The number of hydrogen-bond acceptors (Lipinski definition) is 4. The Bertz CT molecular complexity index is 972. The molecule has 2 aromatic heterocycles. The van der Waals surface area contributed by atoms with Gasteiger partial charge in [-0.25, -0.2) is 4.98 Å². The Labute approximate surface area is 162 Å². The standard InChI is InChI=1S/C12H12N4OS.C9H10/c13-11(17)10-7-16(5-6-18-10)9-2-4-15-12-8(9)1-3-14-12;1-2-5-9-7-3-6-8(9)4-1/h1-4,7H,5-6H2,(H2,13,17)(H,14,15);1-2,4-5H,3,6-7H2. The maximum absolute atomic E-state index is 11.2. The van der Waals surface area contributed by atoms with Gasteiger partial charge in [0.25, 0.3) is 5.91 Å². The van der Waals surface area contributed by atoms with Crippen LogP contribution in [0.3, 0.4) is 0 Å². The molecule has 1 aliphatic carbocycles. The largest absolute Gasteiger partial charge is 0.365 e. The van der Waals surface area contributed by atoms with Crippen molar-refractivity contribution < 1.29 is 4.79 Å². The summed E-state index contributed by atoms with van der Waals surface area (Å²) in [6.45, 7) is 0.853. The Kier molecular flexibility index (Phi) is 5.16. The Balaban J connectivity index is 0.000000167. The number of benzene rings is 1. The van der Waals surface area contributed by atoms with E-state index in [1.807, 2.05) is 24.5 Å². The van der Waals surface area contributed by atoms with E-state index in [1.54, 1.807) is 17.3 Å². The van der Waals surface area contributed by atoms with Crippen LogP contribution in [0, 0.1) is 0 Å². The zero-order valence-electron chi connectivity index (χ0n) is 15.0. The van der Waals surface area contributed by atoms with Crippen molar-refractivity contribution in [2.75, 3.05) is 17.2 Å². The number of aryl methyl sites for hydroxylation is 2. The number of carbonyl (C=O) groups is 1. The molecule has 0 bridgehead atoms. The van der Waals surface area contributed by atoms with Crippen molar-refractivity contribution in [3.63, 3.8) is 0 Å². The smallest absolute Gasteiger partial charge is 0.256 e. The molecule has 0 fully saturated rings. The van der Waals surface area contributed by atoms with Crippen molar-refractivity contribution in [1.82, 2.24) is 9.97 Å². The highest BCUT2D eigenvalue weighted by molar-refractivity contribution is 8.04. The zero-order chi connectivity index (χ0) is 18.6. The van der Waals surface area contributed by atoms with Gasteiger partial charge >= 0.3 is 0 Å². The van der Waals surface area contributed by atoms with Crippen LogP contribution in [0.1, 0.15) is 17.5 Å². The van der Waals surface area contributed by atoms with Crippen LogP contribution in [-0.2, 0) is 17.6 Å². The van der Waals surface area contributed by atoms with E-state index >= 15 is 0 Å². The molecule has 1 amide bonds. The molecule has 3 heterocycles.